The van der Waals surface area contributed by atoms with E-state index in [4.69, 9.17) is 5.73 Å². The quantitative estimate of drug-likeness (QED) is 0.698. The summed E-state index contributed by atoms with van der Waals surface area (Å²) in [6.45, 7) is 6.27. The average molecular weight is 253 g/mol. The number of hydrogen-bond donors (Lipinski definition) is 2. The number of nitrogen functional groups attached to an aromatic ring is 1. The second-order valence-electron chi connectivity index (χ2n) is 4.81. The monoisotopic (exact) mass is 253 g/mol. The molecule has 0 amide bonds. The van der Waals surface area contributed by atoms with Gasteiger partial charge < -0.3 is 5.73 Å². The Hall–Kier alpha value is -2.43. The zero-order valence-corrected chi connectivity index (χ0v) is 11.2. The van der Waals surface area contributed by atoms with Crippen molar-refractivity contribution < 1.29 is 0 Å². The van der Waals surface area contributed by atoms with E-state index in [1.165, 1.54) is 16.7 Å². The van der Waals surface area contributed by atoms with Crippen LogP contribution in [0.5, 0.6) is 0 Å². The summed E-state index contributed by atoms with van der Waals surface area (Å²) < 4.78 is 0. The Morgan fingerprint density at radius 2 is 1.74 bits per heavy atom. The third-order valence-electron chi connectivity index (χ3n) is 3.42. The number of aromatic amines is 1. The maximum Gasteiger partial charge on any atom is 0.222 e. The Labute approximate surface area is 110 Å². The van der Waals surface area contributed by atoms with E-state index >= 15 is 0 Å². The molecule has 0 aliphatic heterocycles. The van der Waals surface area contributed by atoms with Crippen LogP contribution < -0.4 is 5.73 Å². The fraction of sp³-hybridized carbons (Fsp3) is 0.214. The smallest absolute Gasteiger partial charge is 0.222 e. The molecule has 0 fully saturated rings. The molecule has 0 radical (unpaired) electrons. The van der Waals surface area contributed by atoms with Crippen molar-refractivity contribution in [1.29, 1.82) is 0 Å². The van der Waals surface area contributed by atoms with Crippen molar-refractivity contribution in [2.75, 3.05) is 5.73 Å². The molecule has 5 nitrogen and oxygen atoms in total. The highest BCUT2D eigenvalue weighted by Crippen LogP contribution is 2.30. The van der Waals surface area contributed by atoms with Gasteiger partial charge in [-0.05, 0) is 43.5 Å². The Bertz CT molecular complexity index is 773. The molecule has 96 valence electrons. The number of aromatic nitrogens is 4. The zero-order chi connectivity index (χ0) is 13.6. The minimum Gasteiger partial charge on any atom is -0.368 e. The van der Waals surface area contributed by atoms with Gasteiger partial charge in [-0.2, -0.15) is 10.1 Å². The van der Waals surface area contributed by atoms with Crippen molar-refractivity contribution in [2.24, 2.45) is 0 Å². The van der Waals surface area contributed by atoms with Gasteiger partial charge in [0, 0.05) is 5.56 Å². The van der Waals surface area contributed by atoms with Crippen LogP contribution in [-0.2, 0) is 0 Å². The zero-order valence-electron chi connectivity index (χ0n) is 11.2. The van der Waals surface area contributed by atoms with Gasteiger partial charge in [-0.3, -0.25) is 5.10 Å². The molecule has 5 heteroatoms. The van der Waals surface area contributed by atoms with Gasteiger partial charge in [-0.15, -0.1) is 0 Å². The first-order valence-electron chi connectivity index (χ1n) is 6.11. The summed E-state index contributed by atoms with van der Waals surface area (Å²) in [5, 5.41) is 7.74. The molecule has 1 aromatic carbocycles. The van der Waals surface area contributed by atoms with Crippen molar-refractivity contribution in [3.8, 4) is 11.3 Å². The molecular formula is C14H15N5. The first-order valence-corrected chi connectivity index (χ1v) is 6.11. The second kappa shape index (κ2) is 4.05. The summed E-state index contributed by atoms with van der Waals surface area (Å²) in [4.78, 5) is 8.52. The molecule has 2 heterocycles. The van der Waals surface area contributed by atoms with Crippen molar-refractivity contribution >= 4 is 17.0 Å². The number of rotatable bonds is 1. The third kappa shape index (κ3) is 1.83. The molecule has 19 heavy (non-hydrogen) atoms. The lowest BCUT2D eigenvalue weighted by molar-refractivity contribution is 1.09. The minimum atomic E-state index is 0.254. The maximum atomic E-state index is 5.77. The van der Waals surface area contributed by atoms with Gasteiger partial charge in [0.25, 0.3) is 0 Å². The lowest BCUT2D eigenvalue weighted by Gasteiger charge is -2.10. The summed E-state index contributed by atoms with van der Waals surface area (Å²) in [6.07, 6.45) is 1.73. The van der Waals surface area contributed by atoms with Gasteiger partial charge in [0.15, 0.2) is 5.65 Å². The van der Waals surface area contributed by atoms with Crippen LogP contribution in [-0.4, -0.2) is 20.2 Å². The van der Waals surface area contributed by atoms with Crippen LogP contribution in [0.4, 0.5) is 5.95 Å². The first kappa shape index (κ1) is 11.6. The molecule has 0 saturated heterocycles. The lowest BCUT2D eigenvalue weighted by Crippen LogP contribution is -1.99. The Kier molecular flexibility index (Phi) is 2.48. The highest BCUT2D eigenvalue weighted by molar-refractivity contribution is 5.91. The first-order chi connectivity index (χ1) is 9.06. The summed E-state index contributed by atoms with van der Waals surface area (Å²) >= 11 is 0. The minimum absolute atomic E-state index is 0.254. The van der Waals surface area contributed by atoms with E-state index in [1.54, 1.807) is 6.20 Å². The van der Waals surface area contributed by atoms with Crippen LogP contribution in [0.3, 0.4) is 0 Å². The summed E-state index contributed by atoms with van der Waals surface area (Å²) in [5.41, 5.74) is 12.0. The van der Waals surface area contributed by atoms with E-state index in [-0.39, 0.29) is 5.95 Å². The van der Waals surface area contributed by atoms with Crippen LogP contribution in [0.2, 0.25) is 0 Å². The molecule has 0 unspecified atom stereocenters. The van der Waals surface area contributed by atoms with Crippen LogP contribution in [0.25, 0.3) is 22.3 Å². The lowest BCUT2D eigenvalue weighted by atomic mass is 9.97. The van der Waals surface area contributed by atoms with E-state index in [9.17, 15) is 0 Å². The van der Waals surface area contributed by atoms with Crippen LogP contribution in [0, 0.1) is 20.8 Å². The van der Waals surface area contributed by atoms with E-state index in [1.807, 2.05) is 0 Å². The van der Waals surface area contributed by atoms with E-state index < -0.39 is 0 Å². The highest BCUT2D eigenvalue weighted by Gasteiger charge is 2.13. The van der Waals surface area contributed by atoms with Crippen molar-refractivity contribution in [2.45, 2.75) is 20.8 Å². The van der Waals surface area contributed by atoms with E-state index in [0.29, 0.717) is 5.65 Å². The second-order valence-corrected chi connectivity index (χ2v) is 4.81. The molecule has 3 aromatic rings. The largest absolute Gasteiger partial charge is 0.368 e. The Morgan fingerprint density at radius 3 is 2.53 bits per heavy atom. The number of benzene rings is 1. The molecule has 0 saturated carbocycles. The molecule has 0 atom stereocenters. The fourth-order valence-corrected chi connectivity index (χ4v) is 2.27. The number of H-pyrrole nitrogens is 1. The van der Waals surface area contributed by atoms with Crippen LogP contribution in [0.15, 0.2) is 18.3 Å². The maximum absolute atomic E-state index is 5.77. The number of hydrogen-bond acceptors (Lipinski definition) is 4. The molecular weight excluding hydrogens is 238 g/mol. The topological polar surface area (TPSA) is 80.5 Å². The van der Waals surface area contributed by atoms with Gasteiger partial charge >= 0.3 is 0 Å². The summed E-state index contributed by atoms with van der Waals surface area (Å²) in [7, 11) is 0. The van der Waals surface area contributed by atoms with E-state index in [2.05, 4.69) is 53.1 Å². The molecule has 3 rings (SSSR count). The summed E-state index contributed by atoms with van der Waals surface area (Å²) in [5.74, 6) is 0.254. The number of aryl methyl sites for hydroxylation is 3. The Morgan fingerprint density at radius 1 is 1.00 bits per heavy atom. The molecule has 3 N–H and O–H groups in total. The third-order valence-corrected chi connectivity index (χ3v) is 3.42. The van der Waals surface area contributed by atoms with Crippen molar-refractivity contribution in [3.05, 3.63) is 35.0 Å². The SMILES string of the molecule is Cc1cc(C)c(-c2nc(N)nc3[nH]ncc23)cc1C. The number of nitrogens with zero attached hydrogens (tertiary/aromatic N) is 3. The molecule has 0 aliphatic rings. The van der Waals surface area contributed by atoms with Crippen LogP contribution in [0.1, 0.15) is 16.7 Å². The average Bonchev–Trinajstić information content (AvgIpc) is 2.80. The number of anilines is 1. The number of nitrogens with two attached hydrogens (primary N) is 1. The highest BCUT2D eigenvalue weighted by atomic mass is 15.2. The van der Waals surface area contributed by atoms with Crippen LogP contribution >= 0.6 is 0 Å². The Balaban J connectivity index is 2.35. The molecule has 0 spiro atoms. The normalized spacial score (nSPS) is 11.1. The molecule has 2 aromatic heterocycles. The van der Waals surface area contributed by atoms with Gasteiger partial charge in [0.2, 0.25) is 5.95 Å². The van der Waals surface area contributed by atoms with Gasteiger partial charge in [-0.25, -0.2) is 4.98 Å². The predicted octanol–water partition coefficient (Wildman–Crippen LogP) is 2.53. The molecule has 0 bridgehead atoms. The van der Waals surface area contributed by atoms with Crippen molar-refractivity contribution in [3.63, 3.8) is 0 Å². The van der Waals surface area contributed by atoms with Crippen molar-refractivity contribution in [1.82, 2.24) is 20.2 Å². The molecule has 0 aliphatic carbocycles. The van der Waals surface area contributed by atoms with Gasteiger partial charge in [0.05, 0.1) is 17.3 Å². The summed E-state index contributed by atoms with van der Waals surface area (Å²) in [6, 6.07) is 4.30. The van der Waals surface area contributed by atoms with Gasteiger partial charge in [-0.1, -0.05) is 6.07 Å². The number of nitrogens with one attached hydrogen (secondary N) is 1. The van der Waals surface area contributed by atoms with Gasteiger partial charge in [0.1, 0.15) is 0 Å². The number of fused-ring (bicyclic) bond motifs is 1. The predicted molar refractivity (Wildman–Crippen MR) is 75.7 cm³/mol. The van der Waals surface area contributed by atoms with E-state index in [0.717, 1.165) is 16.6 Å². The fourth-order valence-electron chi connectivity index (χ4n) is 2.27. The standard InChI is InChI=1S/C14H15N5/c1-7-4-9(3)10(5-8(7)2)12-11-6-16-19-13(11)18-14(15)17-12/h4-6H,1-3H3,(H3,15,16,17,18,19).